The highest BCUT2D eigenvalue weighted by molar-refractivity contribution is 5.96. The summed E-state index contributed by atoms with van der Waals surface area (Å²) in [6, 6.07) is 7.67. The normalized spacial score (nSPS) is 18.9. The lowest BCUT2D eigenvalue weighted by Gasteiger charge is -2.19. The molecule has 7 heteroatoms. The summed E-state index contributed by atoms with van der Waals surface area (Å²) in [6.45, 7) is 4.54. The second kappa shape index (κ2) is 6.74. The van der Waals surface area contributed by atoms with Crippen molar-refractivity contribution in [2.75, 3.05) is 19.3 Å². The fraction of sp³-hybridized carbons (Fsp3) is 0.200. The van der Waals surface area contributed by atoms with Crippen molar-refractivity contribution in [1.82, 2.24) is 9.88 Å². The van der Waals surface area contributed by atoms with Gasteiger partial charge in [-0.1, -0.05) is 30.6 Å². The first-order valence-corrected chi connectivity index (χ1v) is 8.23. The smallest absolute Gasteiger partial charge is 0.269 e. The molecule has 0 aliphatic carbocycles. The third kappa shape index (κ3) is 3.48. The van der Waals surface area contributed by atoms with Crippen LogP contribution in [0, 0.1) is 17.7 Å². The van der Waals surface area contributed by atoms with Crippen molar-refractivity contribution < 1.29 is 14.3 Å². The molecule has 1 saturated heterocycles. The number of anilines is 1. The Kier molecular flexibility index (Phi) is 4.60. The van der Waals surface area contributed by atoms with Crippen LogP contribution in [-0.2, 0) is 0 Å². The van der Waals surface area contributed by atoms with Crippen molar-refractivity contribution in [2.45, 2.75) is 12.0 Å². The van der Waals surface area contributed by atoms with E-state index in [-0.39, 0.29) is 17.1 Å². The number of hydrogen-bond donors (Lipinski definition) is 3. The first kappa shape index (κ1) is 18.4. The van der Waals surface area contributed by atoms with Gasteiger partial charge in [0, 0.05) is 37.2 Å². The average molecular weight is 366 g/mol. The topological polar surface area (TPSA) is 105 Å². The standard InChI is InChI=1S/C20H19FN4O2/c1-12-20(27,8-9-25(12)2)7-6-13-4-3-5-14(10-13)17-15(21)11-16(22)18(24-17)19(23)26/h3-5,10-11,27H,1,8-9,22H2,2H3,(H2,23,26)/t20-/m0/s1. The zero-order valence-electron chi connectivity index (χ0n) is 14.8. The monoisotopic (exact) mass is 366 g/mol. The maximum atomic E-state index is 14.3. The molecule has 5 N–H and O–H groups in total. The van der Waals surface area contributed by atoms with E-state index in [9.17, 15) is 14.3 Å². The number of rotatable bonds is 2. The van der Waals surface area contributed by atoms with Crippen molar-refractivity contribution in [3.8, 4) is 23.1 Å². The molecular formula is C20H19FN4O2. The highest BCUT2D eigenvalue weighted by atomic mass is 19.1. The highest BCUT2D eigenvalue weighted by Crippen LogP contribution is 2.29. The van der Waals surface area contributed by atoms with Gasteiger partial charge in [0.2, 0.25) is 0 Å². The Morgan fingerprint density at radius 1 is 1.44 bits per heavy atom. The Hall–Kier alpha value is -3.37. The SMILES string of the molecule is C=C1N(C)CC[C@@]1(O)C#Cc1cccc(-c2nc(C(N)=O)c(N)cc2F)c1. The van der Waals surface area contributed by atoms with E-state index in [2.05, 4.69) is 23.4 Å². The molecule has 138 valence electrons. The first-order valence-electron chi connectivity index (χ1n) is 8.23. The number of carbonyl (C=O) groups is 1. The molecule has 1 aliphatic rings. The molecule has 0 spiro atoms. The van der Waals surface area contributed by atoms with Gasteiger partial charge >= 0.3 is 0 Å². The number of benzene rings is 1. The third-order valence-electron chi connectivity index (χ3n) is 4.54. The minimum Gasteiger partial charge on any atom is -0.397 e. The van der Waals surface area contributed by atoms with Gasteiger partial charge in [0.25, 0.3) is 5.91 Å². The van der Waals surface area contributed by atoms with Crippen LogP contribution < -0.4 is 11.5 Å². The average Bonchev–Trinajstić information content (AvgIpc) is 2.88. The Bertz CT molecular complexity index is 1010. The number of aromatic nitrogens is 1. The summed E-state index contributed by atoms with van der Waals surface area (Å²) in [5, 5.41) is 10.6. The molecule has 1 amide bonds. The summed E-state index contributed by atoms with van der Waals surface area (Å²) in [6.07, 6.45) is 0.463. The minimum absolute atomic E-state index is 0.0506. The summed E-state index contributed by atoms with van der Waals surface area (Å²) in [7, 11) is 1.84. The number of likely N-dealkylation sites (tertiary alicyclic amines) is 1. The maximum absolute atomic E-state index is 14.3. The van der Waals surface area contributed by atoms with Crippen LogP contribution in [0.15, 0.2) is 42.6 Å². The van der Waals surface area contributed by atoms with Gasteiger partial charge in [0.1, 0.15) is 5.69 Å². The van der Waals surface area contributed by atoms with Crippen LogP contribution in [0.5, 0.6) is 0 Å². The van der Waals surface area contributed by atoms with E-state index in [4.69, 9.17) is 11.5 Å². The van der Waals surface area contributed by atoms with Crippen LogP contribution in [-0.4, -0.2) is 40.1 Å². The zero-order valence-corrected chi connectivity index (χ0v) is 14.8. The number of halogens is 1. The number of pyridine rings is 1. The molecule has 2 aromatic rings. The number of aliphatic hydroxyl groups is 1. The van der Waals surface area contributed by atoms with Crippen LogP contribution in [0.1, 0.15) is 22.5 Å². The molecule has 1 aromatic heterocycles. The molecule has 3 rings (SSSR count). The predicted molar refractivity (Wildman–Crippen MR) is 101 cm³/mol. The lowest BCUT2D eigenvalue weighted by atomic mass is 10.00. The number of likely N-dealkylation sites (N-methyl/N-ethyl adjacent to an activating group) is 1. The summed E-state index contributed by atoms with van der Waals surface area (Å²) in [5.41, 5.74) is 10.7. The van der Waals surface area contributed by atoms with Crippen LogP contribution in [0.2, 0.25) is 0 Å². The van der Waals surface area contributed by atoms with E-state index in [0.717, 1.165) is 6.07 Å². The molecule has 0 bridgehead atoms. The summed E-state index contributed by atoms with van der Waals surface area (Å²) in [4.78, 5) is 17.2. The predicted octanol–water partition coefficient (Wildman–Crippen LogP) is 1.50. The number of carbonyl (C=O) groups excluding carboxylic acids is 1. The van der Waals surface area contributed by atoms with Crippen LogP contribution in [0.3, 0.4) is 0 Å². The van der Waals surface area contributed by atoms with E-state index < -0.39 is 17.3 Å². The maximum Gasteiger partial charge on any atom is 0.269 e. The van der Waals surface area contributed by atoms with Crippen molar-refractivity contribution >= 4 is 11.6 Å². The number of nitrogens with zero attached hydrogens (tertiary/aromatic N) is 2. The van der Waals surface area contributed by atoms with Gasteiger partial charge in [0.15, 0.2) is 17.1 Å². The number of hydrogen-bond acceptors (Lipinski definition) is 5. The van der Waals surface area contributed by atoms with Crippen molar-refractivity contribution in [1.29, 1.82) is 0 Å². The lowest BCUT2D eigenvalue weighted by Crippen LogP contribution is -2.26. The molecule has 1 aliphatic heterocycles. The number of amides is 1. The van der Waals surface area contributed by atoms with E-state index >= 15 is 0 Å². The van der Waals surface area contributed by atoms with Crippen molar-refractivity contribution in [2.24, 2.45) is 5.73 Å². The molecule has 27 heavy (non-hydrogen) atoms. The second-order valence-electron chi connectivity index (χ2n) is 6.43. The van der Waals surface area contributed by atoms with Gasteiger partial charge < -0.3 is 21.5 Å². The summed E-state index contributed by atoms with van der Waals surface area (Å²) >= 11 is 0. The third-order valence-corrected chi connectivity index (χ3v) is 4.54. The molecule has 0 radical (unpaired) electrons. The zero-order chi connectivity index (χ0) is 19.8. The van der Waals surface area contributed by atoms with Crippen LogP contribution in [0.4, 0.5) is 10.1 Å². The van der Waals surface area contributed by atoms with Gasteiger partial charge in [-0.05, 0) is 12.1 Å². The summed E-state index contributed by atoms with van der Waals surface area (Å²) in [5.74, 6) is 4.23. The molecule has 0 saturated carbocycles. The summed E-state index contributed by atoms with van der Waals surface area (Å²) < 4.78 is 14.3. The number of primary amides is 1. The second-order valence-corrected chi connectivity index (χ2v) is 6.43. The molecule has 0 unspecified atom stereocenters. The largest absolute Gasteiger partial charge is 0.397 e. The Balaban J connectivity index is 1.99. The van der Waals surface area contributed by atoms with E-state index in [0.29, 0.717) is 29.8 Å². The van der Waals surface area contributed by atoms with Gasteiger partial charge in [-0.2, -0.15) is 0 Å². The Morgan fingerprint density at radius 3 is 2.81 bits per heavy atom. The Labute approximate surface area is 156 Å². The highest BCUT2D eigenvalue weighted by Gasteiger charge is 2.36. The van der Waals surface area contributed by atoms with Crippen LogP contribution in [0.25, 0.3) is 11.3 Å². The quantitative estimate of drug-likeness (QED) is 0.699. The van der Waals surface area contributed by atoms with Crippen molar-refractivity contribution in [3.05, 3.63) is 59.7 Å². The van der Waals surface area contributed by atoms with E-state index in [1.54, 1.807) is 24.3 Å². The fourth-order valence-electron chi connectivity index (χ4n) is 2.88. The van der Waals surface area contributed by atoms with Gasteiger partial charge in [0.05, 0.1) is 11.4 Å². The van der Waals surface area contributed by atoms with Gasteiger partial charge in [-0.15, -0.1) is 0 Å². The molecule has 6 nitrogen and oxygen atoms in total. The van der Waals surface area contributed by atoms with Crippen molar-refractivity contribution in [3.63, 3.8) is 0 Å². The van der Waals surface area contributed by atoms with E-state index in [1.807, 2.05) is 11.9 Å². The minimum atomic E-state index is -1.28. The molecule has 1 fully saturated rings. The molecule has 1 atom stereocenters. The number of nitrogen functional groups attached to an aromatic ring is 1. The molecule has 2 heterocycles. The van der Waals surface area contributed by atoms with Gasteiger partial charge in [-0.3, -0.25) is 4.79 Å². The Morgan fingerprint density at radius 2 is 2.19 bits per heavy atom. The first-order chi connectivity index (χ1) is 12.7. The fourth-order valence-corrected chi connectivity index (χ4v) is 2.88. The lowest BCUT2D eigenvalue weighted by molar-refractivity contribution is 0.0996. The number of nitrogens with two attached hydrogens (primary N) is 2. The van der Waals surface area contributed by atoms with Gasteiger partial charge in [-0.25, -0.2) is 9.37 Å². The molecular weight excluding hydrogens is 347 g/mol. The van der Waals surface area contributed by atoms with Crippen LogP contribution >= 0.6 is 0 Å². The molecule has 1 aromatic carbocycles. The van der Waals surface area contributed by atoms with E-state index in [1.165, 1.54) is 0 Å².